The maximum absolute atomic E-state index is 12.4. The van der Waals surface area contributed by atoms with Gasteiger partial charge in [0.2, 0.25) is 5.91 Å². The Bertz CT molecular complexity index is 811. The molecule has 0 radical (unpaired) electrons. The standard InChI is InChI=1S/C20H28N6O2/c1-14(2)10-19(27)23-16-5-3-4-15(11-16)12-22-20(28)18-13-26(25-24-18)17-6-8-21-9-7-17/h3-5,11,13-14,17,21H,6-10,12H2,1-2H3,(H,22,28)(H,23,27). The van der Waals surface area contributed by atoms with Crippen molar-refractivity contribution in [3.8, 4) is 0 Å². The van der Waals surface area contributed by atoms with Gasteiger partial charge in [-0.1, -0.05) is 31.2 Å². The van der Waals surface area contributed by atoms with E-state index in [-0.39, 0.29) is 11.8 Å². The van der Waals surface area contributed by atoms with Gasteiger partial charge in [0.1, 0.15) is 0 Å². The van der Waals surface area contributed by atoms with E-state index < -0.39 is 0 Å². The fourth-order valence-corrected chi connectivity index (χ4v) is 3.25. The van der Waals surface area contributed by atoms with Crippen LogP contribution in [0, 0.1) is 5.92 Å². The van der Waals surface area contributed by atoms with Gasteiger partial charge in [-0.05, 0) is 49.5 Å². The third-order valence-electron chi connectivity index (χ3n) is 4.68. The third-order valence-corrected chi connectivity index (χ3v) is 4.68. The predicted octanol–water partition coefficient (Wildman–Crippen LogP) is 2.12. The molecule has 1 aliphatic rings. The van der Waals surface area contributed by atoms with E-state index in [4.69, 9.17) is 0 Å². The van der Waals surface area contributed by atoms with Gasteiger partial charge in [-0.25, -0.2) is 4.68 Å². The minimum atomic E-state index is -0.255. The Morgan fingerprint density at radius 3 is 2.82 bits per heavy atom. The number of amides is 2. The van der Waals surface area contributed by atoms with Crippen molar-refractivity contribution in [3.05, 3.63) is 41.7 Å². The van der Waals surface area contributed by atoms with Gasteiger partial charge in [0, 0.05) is 18.7 Å². The number of rotatable bonds is 7. The van der Waals surface area contributed by atoms with Crippen molar-refractivity contribution < 1.29 is 9.59 Å². The number of carbonyl (C=O) groups is 2. The molecule has 150 valence electrons. The largest absolute Gasteiger partial charge is 0.347 e. The molecule has 1 fully saturated rings. The molecule has 8 nitrogen and oxygen atoms in total. The Hall–Kier alpha value is -2.74. The van der Waals surface area contributed by atoms with Crippen LogP contribution in [-0.4, -0.2) is 39.9 Å². The minimum absolute atomic E-state index is 0.00860. The van der Waals surface area contributed by atoms with Crippen LogP contribution in [0.15, 0.2) is 30.5 Å². The summed E-state index contributed by atoms with van der Waals surface area (Å²) < 4.78 is 1.79. The molecule has 28 heavy (non-hydrogen) atoms. The average molecular weight is 384 g/mol. The molecular weight excluding hydrogens is 356 g/mol. The van der Waals surface area contributed by atoms with Crippen LogP contribution < -0.4 is 16.0 Å². The molecule has 8 heteroatoms. The van der Waals surface area contributed by atoms with Crippen molar-refractivity contribution >= 4 is 17.5 Å². The first-order chi connectivity index (χ1) is 13.5. The van der Waals surface area contributed by atoms with E-state index in [0.717, 1.165) is 37.2 Å². The van der Waals surface area contributed by atoms with Crippen LogP contribution >= 0.6 is 0 Å². The monoisotopic (exact) mass is 384 g/mol. The highest BCUT2D eigenvalue weighted by Gasteiger charge is 2.18. The molecule has 0 aliphatic carbocycles. The van der Waals surface area contributed by atoms with Gasteiger partial charge in [-0.15, -0.1) is 5.10 Å². The summed E-state index contributed by atoms with van der Waals surface area (Å²) in [5.41, 5.74) is 1.95. The van der Waals surface area contributed by atoms with Crippen LogP contribution in [0.3, 0.4) is 0 Å². The van der Waals surface area contributed by atoms with Gasteiger partial charge >= 0.3 is 0 Å². The molecule has 0 spiro atoms. The summed E-state index contributed by atoms with van der Waals surface area (Å²) in [5, 5.41) is 17.2. The van der Waals surface area contributed by atoms with E-state index in [9.17, 15) is 9.59 Å². The molecule has 1 saturated heterocycles. The first kappa shape index (κ1) is 20.0. The van der Waals surface area contributed by atoms with Crippen LogP contribution in [0.1, 0.15) is 55.2 Å². The van der Waals surface area contributed by atoms with E-state index in [1.807, 2.05) is 38.1 Å². The Kier molecular flexibility index (Phi) is 6.76. The van der Waals surface area contributed by atoms with Crippen molar-refractivity contribution in [2.75, 3.05) is 18.4 Å². The van der Waals surface area contributed by atoms with Crippen LogP contribution in [0.5, 0.6) is 0 Å². The van der Waals surface area contributed by atoms with Crippen molar-refractivity contribution in [1.29, 1.82) is 0 Å². The topological polar surface area (TPSA) is 101 Å². The molecule has 0 atom stereocenters. The summed E-state index contributed by atoms with van der Waals surface area (Å²) >= 11 is 0. The minimum Gasteiger partial charge on any atom is -0.347 e. The summed E-state index contributed by atoms with van der Waals surface area (Å²) in [5.74, 6) is 0.0425. The Morgan fingerprint density at radius 1 is 1.29 bits per heavy atom. The van der Waals surface area contributed by atoms with E-state index in [1.54, 1.807) is 10.9 Å². The molecule has 0 saturated carbocycles. The zero-order valence-electron chi connectivity index (χ0n) is 16.4. The normalized spacial score (nSPS) is 14.8. The smallest absolute Gasteiger partial charge is 0.273 e. The highest BCUT2D eigenvalue weighted by Crippen LogP contribution is 2.17. The second kappa shape index (κ2) is 9.45. The number of hydrogen-bond acceptors (Lipinski definition) is 5. The lowest BCUT2D eigenvalue weighted by molar-refractivity contribution is -0.116. The van der Waals surface area contributed by atoms with Gasteiger partial charge < -0.3 is 16.0 Å². The number of carbonyl (C=O) groups excluding carboxylic acids is 2. The second-order valence-electron chi connectivity index (χ2n) is 7.59. The summed E-state index contributed by atoms with van der Waals surface area (Å²) in [7, 11) is 0. The summed E-state index contributed by atoms with van der Waals surface area (Å²) in [4.78, 5) is 24.3. The highest BCUT2D eigenvalue weighted by atomic mass is 16.2. The molecule has 0 unspecified atom stereocenters. The lowest BCUT2D eigenvalue weighted by Gasteiger charge is -2.22. The van der Waals surface area contributed by atoms with Crippen LogP contribution in [0.4, 0.5) is 5.69 Å². The average Bonchev–Trinajstić information content (AvgIpc) is 3.17. The third kappa shape index (κ3) is 5.63. The first-order valence-electron chi connectivity index (χ1n) is 9.81. The summed E-state index contributed by atoms with van der Waals surface area (Å²) in [6.45, 7) is 6.28. The van der Waals surface area contributed by atoms with Crippen molar-refractivity contribution in [1.82, 2.24) is 25.6 Å². The van der Waals surface area contributed by atoms with Gasteiger partial charge in [0.15, 0.2) is 5.69 Å². The fraction of sp³-hybridized carbons (Fsp3) is 0.500. The molecule has 3 rings (SSSR count). The van der Waals surface area contributed by atoms with Gasteiger partial charge in [-0.2, -0.15) is 0 Å². The van der Waals surface area contributed by atoms with E-state index in [0.29, 0.717) is 30.6 Å². The summed E-state index contributed by atoms with van der Waals surface area (Å²) in [6.07, 6.45) is 4.17. The highest BCUT2D eigenvalue weighted by molar-refractivity contribution is 5.92. The fourth-order valence-electron chi connectivity index (χ4n) is 3.25. The van der Waals surface area contributed by atoms with Crippen molar-refractivity contribution in [2.45, 2.75) is 45.7 Å². The molecule has 3 N–H and O–H groups in total. The molecule has 0 bridgehead atoms. The molecule has 2 aromatic rings. The second-order valence-corrected chi connectivity index (χ2v) is 7.59. The number of aromatic nitrogens is 3. The molecular formula is C20H28N6O2. The number of nitrogens with one attached hydrogen (secondary N) is 3. The first-order valence-corrected chi connectivity index (χ1v) is 9.81. The molecule has 2 amide bonds. The lowest BCUT2D eigenvalue weighted by Crippen LogP contribution is -2.29. The Morgan fingerprint density at radius 2 is 2.07 bits per heavy atom. The SMILES string of the molecule is CC(C)CC(=O)Nc1cccc(CNC(=O)c2cn(C3CCNCC3)nn2)c1. The number of piperidine rings is 1. The van der Waals surface area contributed by atoms with Gasteiger partial charge in [-0.3, -0.25) is 9.59 Å². The molecule has 1 aromatic carbocycles. The lowest BCUT2D eigenvalue weighted by atomic mass is 10.1. The van der Waals surface area contributed by atoms with Crippen molar-refractivity contribution in [3.63, 3.8) is 0 Å². The predicted molar refractivity (Wildman–Crippen MR) is 107 cm³/mol. The maximum Gasteiger partial charge on any atom is 0.273 e. The Balaban J connectivity index is 1.54. The van der Waals surface area contributed by atoms with Gasteiger partial charge in [0.05, 0.1) is 12.2 Å². The van der Waals surface area contributed by atoms with Crippen LogP contribution in [0.2, 0.25) is 0 Å². The quantitative estimate of drug-likeness (QED) is 0.679. The number of nitrogens with zero attached hydrogens (tertiary/aromatic N) is 3. The van der Waals surface area contributed by atoms with Crippen LogP contribution in [0.25, 0.3) is 0 Å². The molecule has 2 heterocycles. The zero-order valence-corrected chi connectivity index (χ0v) is 16.4. The zero-order chi connectivity index (χ0) is 19.9. The van der Waals surface area contributed by atoms with E-state index in [1.165, 1.54) is 0 Å². The van der Waals surface area contributed by atoms with E-state index >= 15 is 0 Å². The Labute approximate surface area is 165 Å². The van der Waals surface area contributed by atoms with E-state index in [2.05, 4.69) is 26.3 Å². The summed E-state index contributed by atoms with van der Waals surface area (Å²) in [6, 6.07) is 7.77. The number of anilines is 1. The van der Waals surface area contributed by atoms with Crippen molar-refractivity contribution in [2.24, 2.45) is 5.92 Å². The number of hydrogen-bond donors (Lipinski definition) is 3. The molecule has 1 aliphatic heterocycles. The maximum atomic E-state index is 12.4. The number of benzene rings is 1. The molecule has 1 aromatic heterocycles. The van der Waals surface area contributed by atoms with Gasteiger partial charge in [0.25, 0.3) is 5.91 Å². The van der Waals surface area contributed by atoms with Crippen LogP contribution in [-0.2, 0) is 11.3 Å².